The van der Waals surface area contributed by atoms with E-state index in [9.17, 15) is 0 Å². The number of nitrogens with one attached hydrogen (secondary N) is 1. The minimum atomic E-state index is 0.0698. The summed E-state index contributed by atoms with van der Waals surface area (Å²) in [6.45, 7) is 3.02. The molecule has 2 unspecified atom stereocenters. The Morgan fingerprint density at radius 3 is 3.21 bits per heavy atom. The van der Waals surface area contributed by atoms with Crippen LogP contribution in [0.25, 0.3) is 0 Å². The molecule has 3 N–H and O–H groups in total. The van der Waals surface area contributed by atoms with Gasteiger partial charge < -0.3 is 9.47 Å². The first-order chi connectivity index (χ1) is 9.26. The van der Waals surface area contributed by atoms with Gasteiger partial charge >= 0.3 is 0 Å². The molecule has 2 atom stereocenters. The Labute approximate surface area is 121 Å². The molecule has 0 amide bonds. The quantitative estimate of drug-likeness (QED) is 0.580. The van der Waals surface area contributed by atoms with Crippen LogP contribution in [-0.4, -0.2) is 36.7 Å². The normalized spacial score (nSPS) is 20.9. The lowest BCUT2D eigenvalue weighted by Gasteiger charge is -2.21. The second kappa shape index (κ2) is 7.35. The predicted molar refractivity (Wildman–Crippen MR) is 75.4 cm³/mol. The zero-order chi connectivity index (χ0) is 13.7. The Hall–Kier alpha value is -0.470. The monoisotopic (exact) mass is 332 g/mol. The fourth-order valence-electron chi connectivity index (χ4n) is 2.44. The van der Waals surface area contributed by atoms with Crippen molar-refractivity contribution in [2.24, 2.45) is 11.8 Å². The van der Waals surface area contributed by atoms with Gasteiger partial charge in [0.05, 0.1) is 35.6 Å². The molecule has 0 radical (unpaired) electrons. The van der Waals surface area contributed by atoms with Gasteiger partial charge in [0.2, 0.25) is 0 Å². The van der Waals surface area contributed by atoms with Gasteiger partial charge in [0, 0.05) is 20.3 Å². The summed E-state index contributed by atoms with van der Waals surface area (Å²) in [7, 11) is 1.69. The minimum absolute atomic E-state index is 0.0698. The highest BCUT2D eigenvalue weighted by Crippen LogP contribution is 2.30. The van der Waals surface area contributed by atoms with Gasteiger partial charge in [-0.1, -0.05) is 0 Å². The molecule has 0 bridgehead atoms. The molecule has 19 heavy (non-hydrogen) atoms. The molecule has 1 aliphatic heterocycles. The highest BCUT2D eigenvalue weighted by atomic mass is 79.9. The van der Waals surface area contributed by atoms with Crippen molar-refractivity contribution in [2.75, 3.05) is 26.9 Å². The fourth-order valence-corrected chi connectivity index (χ4v) is 3.01. The van der Waals surface area contributed by atoms with E-state index < -0.39 is 0 Å². The highest BCUT2D eigenvalue weighted by Gasteiger charge is 2.25. The van der Waals surface area contributed by atoms with Crippen LogP contribution < -0.4 is 11.3 Å². The van der Waals surface area contributed by atoms with E-state index in [0.29, 0.717) is 12.5 Å². The van der Waals surface area contributed by atoms with E-state index in [2.05, 4.69) is 26.5 Å². The van der Waals surface area contributed by atoms with E-state index in [1.54, 1.807) is 13.3 Å². The maximum absolute atomic E-state index is 5.72. The maximum atomic E-state index is 5.72. The summed E-state index contributed by atoms with van der Waals surface area (Å²) >= 11 is 3.55. The van der Waals surface area contributed by atoms with Crippen LogP contribution in [0, 0.1) is 5.92 Å². The van der Waals surface area contributed by atoms with E-state index in [1.807, 2.05) is 4.68 Å². The lowest BCUT2D eigenvalue weighted by molar-refractivity contribution is 0.177. The van der Waals surface area contributed by atoms with E-state index in [0.717, 1.165) is 42.8 Å². The van der Waals surface area contributed by atoms with Crippen LogP contribution >= 0.6 is 15.9 Å². The third-order valence-electron chi connectivity index (χ3n) is 3.46. The second-order valence-electron chi connectivity index (χ2n) is 4.78. The molecule has 1 aromatic rings. The van der Waals surface area contributed by atoms with Crippen LogP contribution in [0.15, 0.2) is 10.7 Å². The fraction of sp³-hybridized carbons (Fsp3) is 0.750. The van der Waals surface area contributed by atoms with Crippen molar-refractivity contribution in [1.29, 1.82) is 0 Å². The van der Waals surface area contributed by atoms with Crippen LogP contribution in [0.1, 0.15) is 24.6 Å². The van der Waals surface area contributed by atoms with E-state index in [4.69, 9.17) is 15.3 Å². The van der Waals surface area contributed by atoms with Crippen LogP contribution in [0.4, 0.5) is 0 Å². The van der Waals surface area contributed by atoms with Crippen LogP contribution in [0.2, 0.25) is 0 Å². The first-order valence-electron chi connectivity index (χ1n) is 6.50. The SMILES string of the molecule is COCCn1ncc(Br)c1C(CC1CCOC1)NN. The first kappa shape index (κ1) is 14.9. The molecule has 1 aliphatic rings. The van der Waals surface area contributed by atoms with Crippen molar-refractivity contribution in [1.82, 2.24) is 15.2 Å². The van der Waals surface area contributed by atoms with Crippen molar-refractivity contribution < 1.29 is 9.47 Å². The molecule has 2 rings (SSSR count). The van der Waals surface area contributed by atoms with Crippen LogP contribution in [0.3, 0.4) is 0 Å². The molecule has 7 heteroatoms. The van der Waals surface area contributed by atoms with Gasteiger partial charge in [-0.3, -0.25) is 16.0 Å². The number of aromatic nitrogens is 2. The van der Waals surface area contributed by atoms with Crippen LogP contribution in [0.5, 0.6) is 0 Å². The molecule has 1 saturated heterocycles. The first-order valence-corrected chi connectivity index (χ1v) is 7.29. The molecular weight excluding hydrogens is 312 g/mol. The lowest BCUT2D eigenvalue weighted by Crippen LogP contribution is -2.32. The van der Waals surface area contributed by atoms with Gasteiger partial charge in [-0.2, -0.15) is 5.10 Å². The molecule has 0 saturated carbocycles. The topological polar surface area (TPSA) is 74.3 Å². The molecule has 1 fully saturated rings. The summed E-state index contributed by atoms with van der Waals surface area (Å²) in [4.78, 5) is 0. The molecule has 108 valence electrons. The molecule has 0 spiro atoms. The van der Waals surface area contributed by atoms with Gasteiger partial charge in [0.1, 0.15) is 0 Å². The Kier molecular flexibility index (Phi) is 5.77. The summed E-state index contributed by atoms with van der Waals surface area (Å²) in [5.41, 5.74) is 3.98. The summed E-state index contributed by atoms with van der Waals surface area (Å²) in [6.07, 6.45) is 3.86. The van der Waals surface area contributed by atoms with E-state index in [1.165, 1.54) is 0 Å². The van der Waals surface area contributed by atoms with Gasteiger partial charge in [0.25, 0.3) is 0 Å². The van der Waals surface area contributed by atoms with E-state index >= 15 is 0 Å². The number of hydrogen-bond donors (Lipinski definition) is 2. The largest absolute Gasteiger partial charge is 0.383 e. The summed E-state index contributed by atoms with van der Waals surface area (Å²) < 4.78 is 13.4. The number of nitrogens with two attached hydrogens (primary N) is 1. The summed E-state index contributed by atoms with van der Waals surface area (Å²) in [6, 6.07) is 0.0698. The number of methoxy groups -OCH3 is 1. The Balaban J connectivity index is 2.09. The number of halogens is 1. The third-order valence-corrected chi connectivity index (χ3v) is 4.08. The van der Waals surface area contributed by atoms with Crippen molar-refractivity contribution in [3.63, 3.8) is 0 Å². The zero-order valence-electron chi connectivity index (χ0n) is 11.1. The highest BCUT2D eigenvalue weighted by molar-refractivity contribution is 9.10. The Bertz CT molecular complexity index is 393. The number of rotatable bonds is 7. The molecular formula is C12H21BrN4O2. The smallest absolute Gasteiger partial charge is 0.0710 e. The van der Waals surface area contributed by atoms with Gasteiger partial charge in [0.15, 0.2) is 0 Å². The molecule has 2 heterocycles. The van der Waals surface area contributed by atoms with Crippen molar-refractivity contribution in [3.8, 4) is 0 Å². The molecule has 0 aliphatic carbocycles. The minimum Gasteiger partial charge on any atom is -0.383 e. The number of hydrazine groups is 1. The van der Waals surface area contributed by atoms with Crippen molar-refractivity contribution >= 4 is 15.9 Å². The summed E-state index contributed by atoms with van der Waals surface area (Å²) in [5.74, 6) is 6.28. The second-order valence-corrected chi connectivity index (χ2v) is 5.63. The number of hydrogen-bond acceptors (Lipinski definition) is 5. The van der Waals surface area contributed by atoms with Gasteiger partial charge in [-0.15, -0.1) is 0 Å². The zero-order valence-corrected chi connectivity index (χ0v) is 12.7. The van der Waals surface area contributed by atoms with Crippen molar-refractivity contribution in [3.05, 3.63) is 16.4 Å². The molecule has 0 aromatic carbocycles. The summed E-state index contributed by atoms with van der Waals surface area (Å²) in [5, 5.41) is 4.36. The van der Waals surface area contributed by atoms with Crippen LogP contribution in [-0.2, 0) is 16.0 Å². The average molecular weight is 333 g/mol. The average Bonchev–Trinajstić information content (AvgIpc) is 3.04. The Morgan fingerprint density at radius 1 is 1.74 bits per heavy atom. The van der Waals surface area contributed by atoms with Gasteiger partial charge in [-0.25, -0.2) is 0 Å². The van der Waals surface area contributed by atoms with E-state index in [-0.39, 0.29) is 6.04 Å². The van der Waals surface area contributed by atoms with Crippen molar-refractivity contribution in [2.45, 2.75) is 25.4 Å². The lowest BCUT2D eigenvalue weighted by atomic mass is 9.97. The van der Waals surface area contributed by atoms with Gasteiger partial charge in [-0.05, 0) is 34.7 Å². The molecule has 6 nitrogen and oxygen atoms in total. The number of ether oxygens (including phenoxy) is 2. The number of nitrogens with zero attached hydrogens (tertiary/aromatic N) is 2. The predicted octanol–water partition coefficient (Wildman–Crippen LogP) is 1.22. The molecule has 1 aromatic heterocycles. The maximum Gasteiger partial charge on any atom is 0.0710 e. The third kappa shape index (κ3) is 3.76. The Morgan fingerprint density at radius 2 is 2.58 bits per heavy atom. The standard InChI is InChI=1S/C12H21BrN4O2/c1-18-5-3-17-12(10(13)7-15-17)11(16-14)6-9-2-4-19-8-9/h7,9,11,16H,2-6,8,14H2,1H3.